The molecule has 5 heteroatoms. The Kier molecular flexibility index (Phi) is 3.13. The molecule has 2 fully saturated rings. The van der Waals surface area contributed by atoms with Crippen LogP contribution in [0.2, 0.25) is 0 Å². The van der Waals surface area contributed by atoms with Crippen molar-refractivity contribution in [1.82, 2.24) is 14.9 Å². The van der Waals surface area contributed by atoms with E-state index in [9.17, 15) is 0 Å². The van der Waals surface area contributed by atoms with Crippen LogP contribution >= 0.6 is 0 Å². The fourth-order valence-corrected chi connectivity index (χ4v) is 2.28. The highest BCUT2D eigenvalue weighted by atomic mass is 16.5. The zero-order chi connectivity index (χ0) is 12.4. The van der Waals surface area contributed by atoms with Gasteiger partial charge in [0.2, 0.25) is 5.95 Å². The maximum atomic E-state index is 5.29. The monoisotopic (exact) mass is 244 g/mol. The molecular weight excluding hydrogens is 228 g/mol. The molecule has 18 heavy (non-hydrogen) atoms. The van der Waals surface area contributed by atoms with Gasteiger partial charge < -0.3 is 9.64 Å². The number of piperazine rings is 1. The lowest BCUT2D eigenvalue weighted by Crippen LogP contribution is -2.56. The van der Waals surface area contributed by atoms with Gasteiger partial charge in [-0.25, -0.2) is 9.97 Å². The zero-order valence-corrected chi connectivity index (χ0v) is 10.2. The Balaban J connectivity index is 1.59. The Morgan fingerprint density at radius 1 is 1.17 bits per heavy atom. The minimum Gasteiger partial charge on any atom is -0.378 e. The van der Waals surface area contributed by atoms with E-state index in [0.717, 1.165) is 50.9 Å². The molecule has 0 N–H and O–H groups in total. The Hall–Kier alpha value is -1.64. The van der Waals surface area contributed by atoms with Crippen LogP contribution < -0.4 is 4.90 Å². The molecule has 0 aromatic carbocycles. The Morgan fingerprint density at radius 3 is 2.33 bits per heavy atom. The number of rotatable bonds is 2. The van der Waals surface area contributed by atoms with Crippen molar-refractivity contribution in [3.8, 4) is 12.3 Å². The number of hydrogen-bond donors (Lipinski definition) is 0. The number of aromatic nitrogens is 2. The van der Waals surface area contributed by atoms with E-state index in [2.05, 4.69) is 25.7 Å². The third-order valence-electron chi connectivity index (χ3n) is 3.54. The second kappa shape index (κ2) is 4.92. The Morgan fingerprint density at radius 2 is 1.83 bits per heavy atom. The van der Waals surface area contributed by atoms with E-state index in [-0.39, 0.29) is 0 Å². The Bertz CT molecular complexity index is 441. The van der Waals surface area contributed by atoms with Crippen molar-refractivity contribution in [2.24, 2.45) is 0 Å². The first-order valence-electron chi connectivity index (χ1n) is 6.22. The molecule has 94 valence electrons. The summed E-state index contributed by atoms with van der Waals surface area (Å²) in [7, 11) is 0. The van der Waals surface area contributed by atoms with Crippen LogP contribution in [0.1, 0.15) is 5.56 Å². The summed E-state index contributed by atoms with van der Waals surface area (Å²) in [5, 5.41) is 0. The number of terminal acetylenes is 1. The first kappa shape index (κ1) is 11.5. The van der Waals surface area contributed by atoms with Gasteiger partial charge in [0.25, 0.3) is 0 Å². The van der Waals surface area contributed by atoms with E-state index in [1.54, 1.807) is 12.4 Å². The molecule has 2 aliphatic rings. The molecule has 2 saturated heterocycles. The SMILES string of the molecule is C#Cc1cnc(N2CCN(C3COC3)CC2)nc1. The molecule has 0 unspecified atom stereocenters. The number of hydrogen-bond acceptors (Lipinski definition) is 5. The maximum absolute atomic E-state index is 5.29. The molecule has 0 aliphatic carbocycles. The van der Waals surface area contributed by atoms with Gasteiger partial charge in [0, 0.05) is 38.6 Å². The average molecular weight is 244 g/mol. The van der Waals surface area contributed by atoms with Gasteiger partial charge in [-0.15, -0.1) is 6.42 Å². The summed E-state index contributed by atoms with van der Waals surface area (Å²) >= 11 is 0. The lowest BCUT2D eigenvalue weighted by molar-refractivity contribution is -0.0661. The molecule has 5 nitrogen and oxygen atoms in total. The number of anilines is 1. The van der Waals surface area contributed by atoms with E-state index >= 15 is 0 Å². The molecule has 0 amide bonds. The molecule has 0 atom stereocenters. The van der Waals surface area contributed by atoms with E-state index in [4.69, 9.17) is 11.2 Å². The predicted molar refractivity (Wildman–Crippen MR) is 68.4 cm³/mol. The van der Waals surface area contributed by atoms with E-state index in [1.807, 2.05) is 0 Å². The first-order chi connectivity index (χ1) is 8.86. The highest BCUT2D eigenvalue weighted by Crippen LogP contribution is 2.16. The van der Waals surface area contributed by atoms with Crippen molar-refractivity contribution in [3.63, 3.8) is 0 Å². The minimum absolute atomic E-state index is 0.622. The quantitative estimate of drug-likeness (QED) is 0.684. The van der Waals surface area contributed by atoms with Crippen LogP contribution in [0.4, 0.5) is 5.95 Å². The molecule has 1 aromatic heterocycles. The van der Waals surface area contributed by atoms with Crippen molar-refractivity contribution in [2.75, 3.05) is 44.3 Å². The lowest BCUT2D eigenvalue weighted by atomic mass is 10.2. The number of ether oxygens (including phenoxy) is 1. The minimum atomic E-state index is 0.622. The van der Waals surface area contributed by atoms with Crippen LogP contribution in [0.25, 0.3) is 0 Å². The molecule has 0 saturated carbocycles. The third kappa shape index (κ3) is 2.17. The topological polar surface area (TPSA) is 41.5 Å². The van der Waals surface area contributed by atoms with Gasteiger partial charge in [0.05, 0.1) is 24.8 Å². The molecule has 1 aromatic rings. The summed E-state index contributed by atoms with van der Waals surface area (Å²) in [6.45, 7) is 5.79. The smallest absolute Gasteiger partial charge is 0.225 e. The average Bonchev–Trinajstić information content (AvgIpc) is 2.38. The van der Waals surface area contributed by atoms with Crippen LogP contribution in [0.5, 0.6) is 0 Å². The molecule has 2 aliphatic heterocycles. The van der Waals surface area contributed by atoms with Gasteiger partial charge in [-0.2, -0.15) is 0 Å². The zero-order valence-electron chi connectivity index (χ0n) is 10.2. The van der Waals surface area contributed by atoms with Crippen molar-refractivity contribution in [3.05, 3.63) is 18.0 Å². The Labute approximate surface area is 107 Å². The van der Waals surface area contributed by atoms with Gasteiger partial charge >= 0.3 is 0 Å². The van der Waals surface area contributed by atoms with Gasteiger partial charge in [-0.05, 0) is 0 Å². The van der Waals surface area contributed by atoms with Crippen molar-refractivity contribution >= 4 is 5.95 Å². The summed E-state index contributed by atoms with van der Waals surface area (Å²) in [4.78, 5) is 13.3. The van der Waals surface area contributed by atoms with Crippen LogP contribution in [-0.4, -0.2) is 60.3 Å². The summed E-state index contributed by atoms with van der Waals surface area (Å²) in [5.74, 6) is 3.31. The first-order valence-corrected chi connectivity index (χ1v) is 6.22. The largest absolute Gasteiger partial charge is 0.378 e. The summed E-state index contributed by atoms with van der Waals surface area (Å²) in [6, 6.07) is 0.622. The summed E-state index contributed by atoms with van der Waals surface area (Å²) in [5.41, 5.74) is 0.726. The van der Waals surface area contributed by atoms with Gasteiger partial charge in [0.1, 0.15) is 0 Å². The second-order valence-corrected chi connectivity index (χ2v) is 4.63. The van der Waals surface area contributed by atoms with Crippen LogP contribution in [0.15, 0.2) is 12.4 Å². The summed E-state index contributed by atoms with van der Waals surface area (Å²) in [6.07, 6.45) is 8.70. The third-order valence-corrected chi connectivity index (χ3v) is 3.54. The standard InChI is InChI=1S/C13H16N4O/c1-2-11-7-14-13(15-8-11)17-5-3-16(4-6-17)12-9-18-10-12/h1,7-8,12H,3-6,9-10H2. The molecule has 3 heterocycles. The van der Waals surface area contributed by atoms with Crippen LogP contribution in [-0.2, 0) is 4.74 Å². The molecular formula is C13H16N4O. The van der Waals surface area contributed by atoms with Crippen LogP contribution in [0, 0.1) is 12.3 Å². The van der Waals surface area contributed by atoms with Gasteiger partial charge in [-0.1, -0.05) is 5.92 Å². The van der Waals surface area contributed by atoms with E-state index in [0.29, 0.717) is 6.04 Å². The van der Waals surface area contributed by atoms with Crippen molar-refractivity contribution in [1.29, 1.82) is 0 Å². The summed E-state index contributed by atoms with van der Waals surface area (Å²) < 4.78 is 5.23. The molecule has 0 bridgehead atoms. The van der Waals surface area contributed by atoms with Crippen molar-refractivity contribution < 1.29 is 4.74 Å². The number of nitrogens with zero attached hydrogens (tertiary/aromatic N) is 4. The van der Waals surface area contributed by atoms with E-state index in [1.165, 1.54) is 0 Å². The lowest BCUT2D eigenvalue weighted by Gasteiger charge is -2.42. The normalized spacial score (nSPS) is 21.4. The molecule has 0 radical (unpaired) electrons. The highest BCUT2D eigenvalue weighted by Gasteiger charge is 2.29. The van der Waals surface area contributed by atoms with E-state index < -0.39 is 0 Å². The second-order valence-electron chi connectivity index (χ2n) is 4.63. The fourth-order valence-electron chi connectivity index (χ4n) is 2.28. The molecule has 3 rings (SSSR count). The molecule has 0 spiro atoms. The highest BCUT2D eigenvalue weighted by molar-refractivity contribution is 5.35. The fraction of sp³-hybridized carbons (Fsp3) is 0.538. The van der Waals surface area contributed by atoms with Gasteiger partial charge in [-0.3, -0.25) is 4.90 Å². The predicted octanol–water partition coefficient (Wildman–Crippen LogP) is -0.0213. The van der Waals surface area contributed by atoms with Gasteiger partial charge in [0.15, 0.2) is 0 Å². The van der Waals surface area contributed by atoms with Crippen LogP contribution in [0.3, 0.4) is 0 Å². The van der Waals surface area contributed by atoms with Crippen molar-refractivity contribution in [2.45, 2.75) is 6.04 Å². The maximum Gasteiger partial charge on any atom is 0.225 e.